The van der Waals surface area contributed by atoms with Crippen molar-refractivity contribution >= 4 is 51.5 Å². The molecule has 0 radical (unpaired) electrons. The summed E-state index contributed by atoms with van der Waals surface area (Å²) in [7, 11) is 0. The smallest absolute Gasteiger partial charge is 0.277 e. The summed E-state index contributed by atoms with van der Waals surface area (Å²) in [4.78, 5) is 21.8. The molecule has 33 heavy (non-hydrogen) atoms. The summed E-state index contributed by atoms with van der Waals surface area (Å²) in [5.74, 6) is -2.67. The molecule has 1 amide bonds. The zero-order valence-corrected chi connectivity index (χ0v) is 18.5. The Bertz CT molecular complexity index is 1340. The van der Waals surface area contributed by atoms with Gasteiger partial charge in [-0.3, -0.25) is 4.79 Å². The number of H-pyrrole nitrogens is 1. The number of carbonyl (C=O) groups excluding carboxylic acids is 1. The quantitative estimate of drug-likeness (QED) is 0.421. The largest absolute Gasteiger partial charge is 0.359 e. The van der Waals surface area contributed by atoms with Crippen molar-refractivity contribution in [2.24, 2.45) is 0 Å². The zero-order valence-electron chi connectivity index (χ0n) is 17.0. The van der Waals surface area contributed by atoms with Crippen molar-refractivity contribution in [3.63, 3.8) is 0 Å². The second kappa shape index (κ2) is 8.27. The number of nitrogens with one attached hydrogen (secondary N) is 2. The van der Waals surface area contributed by atoms with Gasteiger partial charge in [-0.25, -0.2) is 18.4 Å². The Morgan fingerprint density at radius 1 is 1.18 bits per heavy atom. The average Bonchev–Trinajstić information content (AvgIpc) is 3.42. The van der Waals surface area contributed by atoms with Crippen LogP contribution in [0.4, 0.5) is 20.3 Å². The van der Waals surface area contributed by atoms with Gasteiger partial charge in [0, 0.05) is 48.1 Å². The van der Waals surface area contributed by atoms with Gasteiger partial charge in [0.2, 0.25) is 0 Å². The molecule has 5 rings (SSSR count). The van der Waals surface area contributed by atoms with Crippen molar-refractivity contribution in [1.29, 1.82) is 0 Å². The van der Waals surface area contributed by atoms with Crippen LogP contribution >= 0.6 is 23.2 Å². The number of piperidine rings is 1. The molecule has 8 nitrogen and oxygen atoms in total. The Kier molecular flexibility index (Phi) is 5.41. The summed E-state index contributed by atoms with van der Waals surface area (Å²) in [6, 6.07) is 6.93. The fourth-order valence-corrected chi connectivity index (χ4v) is 4.15. The van der Waals surface area contributed by atoms with E-state index in [1.165, 1.54) is 17.1 Å². The lowest BCUT2D eigenvalue weighted by molar-refractivity contribution is -0.0221. The highest BCUT2D eigenvalue weighted by Gasteiger charge is 2.35. The monoisotopic (exact) mass is 491 g/mol. The molecular weight excluding hydrogens is 475 g/mol. The lowest BCUT2D eigenvalue weighted by Crippen LogP contribution is -2.39. The summed E-state index contributed by atoms with van der Waals surface area (Å²) in [5.41, 5.74) is 1.96. The first-order valence-electron chi connectivity index (χ1n) is 10.1. The number of rotatable bonds is 4. The predicted octanol–water partition coefficient (Wildman–Crippen LogP) is 4.94. The number of hydrogen-bond acceptors (Lipinski definition) is 5. The summed E-state index contributed by atoms with van der Waals surface area (Å²) in [6.45, 7) is 0.345. The van der Waals surface area contributed by atoms with E-state index in [0.29, 0.717) is 27.2 Å². The molecule has 170 valence electrons. The van der Waals surface area contributed by atoms with Crippen LogP contribution in [0.3, 0.4) is 0 Å². The molecular formula is C21H17Cl2F2N7O. The maximum Gasteiger partial charge on any atom is 0.277 e. The fourth-order valence-electron chi connectivity index (χ4n) is 3.70. The summed E-state index contributed by atoms with van der Waals surface area (Å²) in [6.07, 6.45) is 4.15. The normalized spacial score (nSPS) is 15.7. The first-order valence-corrected chi connectivity index (χ1v) is 10.8. The van der Waals surface area contributed by atoms with Crippen LogP contribution in [0.2, 0.25) is 10.0 Å². The summed E-state index contributed by atoms with van der Waals surface area (Å²) in [5, 5.41) is 12.3. The molecule has 0 saturated carbocycles. The molecule has 1 fully saturated rings. The third-order valence-electron chi connectivity index (χ3n) is 5.48. The van der Waals surface area contributed by atoms with E-state index in [1.54, 1.807) is 29.3 Å². The number of hydrogen-bond donors (Lipinski definition) is 2. The molecule has 12 heteroatoms. The lowest BCUT2D eigenvalue weighted by atomic mass is 10.1. The Balaban J connectivity index is 1.32. The zero-order chi connectivity index (χ0) is 23.2. The van der Waals surface area contributed by atoms with Crippen LogP contribution < -0.4 is 10.2 Å². The topological polar surface area (TPSA) is 91.7 Å². The van der Waals surface area contributed by atoms with Gasteiger partial charge in [-0.05, 0) is 24.3 Å². The van der Waals surface area contributed by atoms with Crippen molar-refractivity contribution in [2.45, 2.75) is 18.8 Å². The molecule has 0 atom stereocenters. The van der Waals surface area contributed by atoms with Crippen LogP contribution in [0.15, 0.2) is 42.9 Å². The molecule has 4 heterocycles. The van der Waals surface area contributed by atoms with Crippen LogP contribution in [0, 0.1) is 0 Å². The number of halogens is 4. The molecule has 4 aromatic rings. The second-order valence-corrected chi connectivity index (χ2v) is 8.58. The second-order valence-electron chi connectivity index (χ2n) is 7.74. The Morgan fingerprint density at radius 2 is 1.97 bits per heavy atom. The molecule has 0 bridgehead atoms. The van der Waals surface area contributed by atoms with E-state index in [-0.39, 0.29) is 31.6 Å². The highest BCUT2D eigenvalue weighted by atomic mass is 35.5. The van der Waals surface area contributed by atoms with E-state index in [2.05, 4.69) is 25.6 Å². The Hall–Kier alpha value is -3.24. The number of amides is 1. The van der Waals surface area contributed by atoms with Crippen molar-refractivity contribution in [3.8, 4) is 5.69 Å². The van der Waals surface area contributed by atoms with Crippen LogP contribution in [0.5, 0.6) is 0 Å². The molecule has 3 aromatic heterocycles. The van der Waals surface area contributed by atoms with E-state index in [0.717, 1.165) is 10.9 Å². The van der Waals surface area contributed by atoms with Crippen molar-refractivity contribution < 1.29 is 13.6 Å². The minimum Gasteiger partial charge on any atom is -0.359 e. The van der Waals surface area contributed by atoms with Gasteiger partial charge < -0.3 is 15.2 Å². The molecule has 0 aliphatic carbocycles. The summed E-state index contributed by atoms with van der Waals surface area (Å²) < 4.78 is 28.2. The molecule has 1 aliphatic heterocycles. The Morgan fingerprint density at radius 3 is 2.73 bits per heavy atom. The minimum absolute atomic E-state index is 0.0878. The number of aromatic amines is 1. The van der Waals surface area contributed by atoms with E-state index in [1.807, 2.05) is 6.07 Å². The van der Waals surface area contributed by atoms with Gasteiger partial charge in [-0.1, -0.05) is 28.4 Å². The van der Waals surface area contributed by atoms with Gasteiger partial charge in [-0.15, -0.1) is 5.10 Å². The molecule has 1 aliphatic rings. The van der Waals surface area contributed by atoms with Crippen LogP contribution in [0.1, 0.15) is 23.3 Å². The summed E-state index contributed by atoms with van der Waals surface area (Å²) >= 11 is 12.4. The number of alkyl halides is 2. The maximum absolute atomic E-state index is 13.4. The van der Waals surface area contributed by atoms with Gasteiger partial charge in [0.15, 0.2) is 5.69 Å². The number of pyridine rings is 1. The number of nitrogens with zero attached hydrogens (tertiary/aromatic N) is 5. The van der Waals surface area contributed by atoms with Gasteiger partial charge in [0.05, 0.1) is 28.8 Å². The minimum atomic E-state index is -2.65. The van der Waals surface area contributed by atoms with E-state index in [4.69, 9.17) is 23.2 Å². The fraction of sp³-hybridized carbons (Fsp3) is 0.238. The first-order chi connectivity index (χ1) is 15.8. The molecule has 1 aromatic carbocycles. The number of fused-ring (bicyclic) bond motifs is 1. The predicted molar refractivity (Wildman–Crippen MR) is 122 cm³/mol. The third-order valence-corrected chi connectivity index (χ3v) is 6.00. The van der Waals surface area contributed by atoms with E-state index >= 15 is 0 Å². The number of benzene rings is 1. The standard InChI is InChI=1S/C21H17Cl2F2N7O/c22-12-1-2-16-14(7-12)17(10-26-16)28-20(33)18-11-32(30-29-18)13-8-15(23)19(27-9-13)31-5-3-21(24,25)4-6-31/h1-2,7-11,26H,3-6H2,(H,28,33). The number of anilines is 2. The van der Waals surface area contributed by atoms with Crippen molar-refractivity contribution in [1.82, 2.24) is 25.0 Å². The average molecular weight is 492 g/mol. The van der Waals surface area contributed by atoms with Gasteiger partial charge in [0.1, 0.15) is 5.82 Å². The maximum atomic E-state index is 13.4. The number of carbonyl (C=O) groups is 1. The van der Waals surface area contributed by atoms with Crippen LogP contribution in [-0.2, 0) is 0 Å². The van der Waals surface area contributed by atoms with E-state index in [9.17, 15) is 13.6 Å². The van der Waals surface area contributed by atoms with Gasteiger partial charge in [0.25, 0.3) is 11.8 Å². The number of aromatic nitrogens is 5. The van der Waals surface area contributed by atoms with Gasteiger partial charge in [-0.2, -0.15) is 0 Å². The molecule has 0 spiro atoms. The highest BCUT2D eigenvalue weighted by molar-refractivity contribution is 6.33. The van der Waals surface area contributed by atoms with E-state index < -0.39 is 11.8 Å². The highest BCUT2D eigenvalue weighted by Crippen LogP contribution is 2.33. The lowest BCUT2D eigenvalue weighted by Gasteiger charge is -2.33. The molecule has 2 N–H and O–H groups in total. The first kappa shape index (κ1) is 21.6. The van der Waals surface area contributed by atoms with Crippen LogP contribution in [-0.4, -0.2) is 49.9 Å². The van der Waals surface area contributed by atoms with Crippen molar-refractivity contribution in [2.75, 3.05) is 23.3 Å². The molecule has 0 unspecified atom stereocenters. The van der Waals surface area contributed by atoms with Gasteiger partial charge >= 0.3 is 0 Å². The molecule has 1 saturated heterocycles. The Labute approximate surface area is 196 Å². The van der Waals surface area contributed by atoms with Crippen molar-refractivity contribution in [3.05, 3.63) is 58.6 Å². The SMILES string of the molecule is O=C(Nc1c[nH]c2ccc(Cl)cc12)c1cn(-c2cnc(N3CCC(F)(F)CC3)c(Cl)c2)nn1. The van der Waals surface area contributed by atoms with Crippen LogP contribution in [0.25, 0.3) is 16.6 Å². The third kappa shape index (κ3) is 4.36.